The maximum Gasteiger partial charge on any atom is 0.250 e. The molecule has 0 fully saturated rings. The highest BCUT2D eigenvalue weighted by Crippen LogP contribution is 2.25. The Morgan fingerprint density at radius 1 is 1.19 bits per heavy atom. The van der Waals surface area contributed by atoms with Gasteiger partial charge in [0.25, 0.3) is 0 Å². The Morgan fingerprint density at radius 3 is 2.73 bits per heavy atom. The van der Waals surface area contributed by atoms with Crippen LogP contribution in [0.3, 0.4) is 0 Å². The van der Waals surface area contributed by atoms with Gasteiger partial charge in [-0.15, -0.1) is 23.1 Å². The van der Waals surface area contributed by atoms with Crippen molar-refractivity contribution >= 4 is 51.6 Å². The van der Waals surface area contributed by atoms with Gasteiger partial charge in [-0.25, -0.2) is 5.43 Å². The maximum absolute atomic E-state index is 12.0. The van der Waals surface area contributed by atoms with E-state index < -0.39 is 5.97 Å². The van der Waals surface area contributed by atoms with Crippen LogP contribution in [0.1, 0.15) is 21.5 Å². The van der Waals surface area contributed by atoms with Gasteiger partial charge in [0, 0.05) is 16.5 Å². The lowest BCUT2D eigenvalue weighted by Crippen LogP contribution is -2.21. The maximum atomic E-state index is 12.0. The summed E-state index contributed by atoms with van der Waals surface area (Å²) >= 11 is 2.44. The number of rotatable bonds is 6. The molecule has 0 aliphatic heterocycles. The number of benzene rings is 1. The van der Waals surface area contributed by atoms with E-state index in [1.165, 1.54) is 17.8 Å². The van der Waals surface area contributed by atoms with Crippen molar-refractivity contribution in [3.8, 4) is 0 Å². The van der Waals surface area contributed by atoms with Crippen LogP contribution in [0.5, 0.6) is 0 Å². The summed E-state index contributed by atoms with van der Waals surface area (Å²) in [4.78, 5) is 28.9. The van der Waals surface area contributed by atoms with Gasteiger partial charge < -0.3 is 9.90 Å². The molecule has 3 rings (SSSR count). The molecule has 0 radical (unpaired) electrons. The minimum Gasteiger partial charge on any atom is -0.544 e. The van der Waals surface area contributed by atoms with Gasteiger partial charge in [0.05, 0.1) is 32.7 Å². The van der Waals surface area contributed by atoms with Gasteiger partial charge in [0.1, 0.15) is 0 Å². The van der Waals surface area contributed by atoms with Crippen molar-refractivity contribution in [1.29, 1.82) is 0 Å². The molecule has 0 saturated carbocycles. The second kappa shape index (κ2) is 8.11. The third-order valence-electron chi connectivity index (χ3n) is 3.47. The van der Waals surface area contributed by atoms with Gasteiger partial charge >= 0.3 is 0 Å². The van der Waals surface area contributed by atoms with Gasteiger partial charge in [-0.2, -0.15) is 5.10 Å². The highest BCUT2D eigenvalue weighted by Gasteiger charge is 2.08. The molecule has 6 nitrogen and oxygen atoms in total. The number of thiophene rings is 1. The molecule has 8 heteroatoms. The molecule has 0 atom stereocenters. The van der Waals surface area contributed by atoms with Crippen LogP contribution in [0, 0.1) is 0 Å². The molecule has 0 spiro atoms. The molecule has 1 aromatic carbocycles. The Morgan fingerprint density at radius 2 is 1.96 bits per heavy atom. The Hall–Kier alpha value is -2.71. The standard InChI is InChI=1S/C18H15N3O3S2/c1-11(13-7-8-15(26-13)18(23)24)20-21-16(22)10-25-14-6-2-4-12-5-3-9-19-17(12)14/h2-9H,10H2,1H3,(H,21,22)(H,23,24)/p-1/b20-11-. The number of para-hydroxylation sites is 1. The first-order valence-electron chi connectivity index (χ1n) is 7.66. The summed E-state index contributed by atoms with van der Waals surface area (Å²) in [7, 11) is 0. The molecule has 0 aliphatic carbocycles. The van der Waals surface area contributed by atoms with Crippen LogP contribution < -0.4 is 10.5 Å². The Balaban J connectivity index is 1.60. The fourth-order valence-electron chi connectivity index (χ4n) is 2.21. The van der Waals surface area contributed by atoms with Crippen LogP contribution in [-0.4, -0.2) is 28.3 Å². The lowest BCUT2D eigenvalue weighted by atomic mass is 10.2. The molecule has 2 aromatic heterocycles. The number of nitrogens with one attached hydrogen (secondary N) is 1. The molecule has 132 valence electrons. The summed E-state index contributed by atoms with van der Waals surface area (Å²) in [6, 6.07) is 12.8. The highest BCUT2D eigenvalue weighted by molar-refractivity contribution is 8.00. The van der Waals surface area contributed by atoms with Crippen molar-refractivity contribution in [3.63, 3.8) is 0 Å². The van der Waals surface area contributed by atoms with E-state index in [0.29, 0.717) is 10.6 Å². The largest absolute Gasteiger partial charge is 0.544 e. The minimum absolute atomic E-state index is 0.125. The highest BCUT2D eigenvalue weighted by atomic mass is 32.2. The summed E-state index contributed by atoms with van der Waals surface area (Å²) in [5, 5.41) is 15.8. The molecule has 3 aromatic rings. The first kappa shape index (κ1) is 18.1. The average Bonchev–Trinajstić information content (AvgIpc) is 3.15. The van der Waals surface area contributed by atoms with E-state index in [9.17, 15) is 14.7 Å². The Kier molecular flexibility index (Phi) is 5.65. The van der Waals surface area contributed by atoms with Gasteiger partial charge in [-0.3, -0.25) is 9.78 Å². The van der Waals surface area contributed by atoms with Crippen LogP contribution in [0.15, 0.2) is 58.7 Å². The second-order valence-corrected chi connectivity index (χ2v) is 7.40. The van der Waals surface area contributed by atoms with Gasteiger partial charge in [-0.1, -0.05) is 18.2 Å². The molecule has 0 bridgehead atoms. The van der Waals surface area contributed by atoms with Crippen LogP contribution in [0.25, 0.3) is 10.9 Å². The van der Waals surface area contributed by atoms with Crippen LogP contribution in [0.2, 0.25) is 0 Å². The number of amides is 1. The van der Waals surface area contributed by atoms with E-state index in [1.807, 2.05) is 30.3 Å². The predicted molar refractivity (Wildman–Crippen MR) is 101 cm³/mol. The normalized spacial score (nSPS) is 11.5. The molecule has 0 saturated heterocycles. The molecule has 1 N–H and O–H groups in total. The zero-order chi connectivity index (χ0) is 18.5. The van der Waals surface area contributed by atoms with E-state index >= 15 is 0 Å². The van der Waals surface area contributed by atoms with Crippen molar-refractivity contribution in [3.05, 3.63) is 58.4 Å². The third-order valence-corrected chi connectivity index (χ3v) is 5.69. The van der Waals surface area contributed by atoms with E-state index in [1.54, 1.807) is 19.2 Å². The first-order chi connectivity index (χ1) is 12.5. The molecular weight excluding hydrogens is 370 g/mol. The number of hydrogen-bond donors (Lipinski definition) is 1. The summed E-state index contributed by atoms with van der Waals surface area (Å²) in [5.74, 6) is -1.28. The second-order valence-electron chi connectivity index (χ2n) is 5.30. The molecule has 26 heavy (non-hydrogen) atoms. The summed E-state index contributed by atoms with van der Waals surface area (Å²) in [6.07, 6.45) is 1.72. The number of thioether (sulfide) groups is 1. The lowest BCUT2D eigenvalue weighted by Gasteiger charge is -2.05. The number of nitrogens with zero attached hydrogens (tertiary/aromatic N) is 2. The zero-order valence-electron chi connectivity index (χ0n) is 13.8. The van der Waals surface area contributed by atoms with Crippen molar-refractivity contribution in [1.82, 2.24) is 10.4 Å². The lowest BCUT2D eigenvalue weighted by molar-refractivity contribution is -0.254. The van der Waals surface area contributed by atoms with Crippen molar-refractivity contribution < 1.29 is 14.7 Å². The number of hydrazone groups is 1. The molecular formula is C18H14N3O3S2-. The quantitative estimate of drug-likeness (QED) is 0.400. The van der Waals surface area contributed by atoms with E-state index in [2.05, 4.69) is 15.5 Å². The average molecular weight is 384 g/mol. The predicted octanol–water partition coefficient (Wildman–Crippen LogP) is 2.29. The topological polar surface area (TPSA) is 94.5 Å². The zero-order valence-corrected chi connectivity index (χ0v) is 15.4. The van der Waals surface area contributed by atoms with Gasteiger partial charge in [0.2, 0.25) is 5.91 Å². The molecule has 1 amide bonds. The third kappa shape index (κ3) is 4.27. The number of pyridine rings is 1. The van der Waals surface area contributed by atoms with E-state index in [-0.39, 0.29) is 16.5 Å². The molecule has 0 unspecified atom stereocenters. The Bertz CT molecular complexity index is 993. The number of carbonyl (C=O) groups excluding carboxylic acids is 2. The van der Waals surface area contributed by atoms with Crippen molar-refractivity contribution in [2.24, 2.45) is 5.10 Å². The number of carboxylic acids is 1. The Labute approximate surface area is 158 Å². The summed E-state index contributed by atoms with van der Waals surface area (Å²) in [6.45, 7) is 1.70. The van der Waals surface area contributed by atoms with Crippen molar-refractivity contribution in [2.45, 2.75) is 11.8 Å². The van der Waals surface area contributed by atoms with Crippen molar-refractivity contribution in [2.75, 3.05) is 5.75 Å². The number of hydrogen-bond acceptors (Lipinski definition) is 7. The van der Waals surface area contributed by atoms with E-state index in [0.717, 1.165) is 27.1 Å². The number of fused-ring (bicyclic) bond motifs is 1. The molecule has 0 aliphatic rings. The minimum atomic E-state index is -1.22. The fraction of sp³-hybridized carbons (Fsp3) is 0.111. The SMILES string of the molecule is C/C(=N/NC(=O)CSc1cccc2cccnc12)c1ccc(C(=O)[O-])s1. The molecule has 2 heterocycles. The number of aromatic nitrogens is 1. The van der Waals surface area contributed by atoms with Crippen LogP contribution in [-0.2, 0) is 4.79 Å². The number of carbonyl (C=O) groups is 2. The smallest absolute Gasteiger partial charge is 0.250 e. The van der Waals surface area contributed by atoms with Gasteiger partial charge in [-0.05, 0) is 31.2 Å². The number of carboxylic acid groups (broad SMARTS) is 1. The van der Waals surface area contributed by atoms with Crippen LogP contribution in [0.4, 0.5) is 0 Å². The monoisotopic (exact) mass is 384 g/mol. The fourth-order valence-corrected chi connectivity index (χ4v) is 3.83. The number of aromatic carboxylic acids is 1. The first-order valence-corrected chi connectivity index (χ1v) is 9.46. The summed E-state index contributed by atoms with van der Waals surface area (Å²) < 4.78 is 0. The van der Waals surface area contributed by atoms with E-state index in [4.69, 9.17) is 0 Å². The van der Waals surface area contributed by atoms with Crippen LogP contribution >= 0.6 is 23.1 Å². The van der Waals surface area contributed by atoms with Gasteiger partial charge in [0.15, 0.2) is 0 Å². The summed E-state index contributed by atoms with van der Waals surface area (Å²) in [5.41, 5.74) is 3.89.